The van der Waals surface area contributed by atoms with Gasteiger partial charge in [0.15, 0.2) is 0 Å². The maximum absolute atomic E-state index is 4.23. The zero-order valence-electron chi connectivity index (χ0n) is 7.15. The van der Waals surface area contributed by atoms with Crippen LogP contribution in [0.4, 0.5) is 0 Å². The molecule has 1 N–H and O–H groups in total. The normalized spacial score (nSPS) is 31.1. The molecule has 0 amide bonds. The molecule has 0 saturated carbocycles. The van der Waals surface area contributed by atoms with Gasteiger partial charge in [0.05, 0.1) is 19.6 Å². The van der Waals surface area contributed by atoms with Crippen LogP contribution in [0.15, 0.2) is 0 Å². The summed E-state index contributed by atoms with van der Waals surface area (Å²) in [5, 5.41) is 0. The Morgan fingerprint density at radius 2 is 1.91 bits per heavy atom. The summed E-state index contributed by atoms with van der Waals surface area (Å²) in [5.74, 6) is 2.02. The van der Waals surface area contributed by atoms with Gasteiger partial charge in [-0.05, 0) is 18.8 Å². The lowest BCUT2D eigenvalue weighted by atomic mass is 9.99. The molecular weight excluding hydrogens is 222 g/mol. The second-order valence-corrected chi connectivity index (χ2v) is 3.85. The Hall–Kier alpha value is 0.790. The Labute approximate surface area is 85.7 Å². The van der Waals surface area contributed by atoms with Crippen molar-refractivity contribution in [1.82, 2.24) is 0 Å². The third kappa shape index (κ3) is 4.38. The molecule has 0 atom stereocenters. The second-order valence-electron chi connectivity index (χ2n) is 3.41. The summed E-state index contributed by atoms with van der Waals surface area (Å²) in [6, 6.07) is 0. The molecule has 1 heterocycles. The predicted octanol–water partition coefficient (Wildman–Crippen LogP) is -2.76. The van der Waals surface area contributed by atoms with Crippen LogP contribution in [0.2, 0.25) is 0 Å². The highest BCUT2D eigenvalue weighted by molar-refractivity contribution is 7.80. The zero-order chi connectivity index (χ0) is 7.40. The van der Waals surface area contributed by atoms with E-state index in [1.165, 1.54) is 32.5 Å². The first-order valence-electron chi connectivity index (χ1n) is 4.27. The minimum atomic E-state index is 0. The summed E-state index contributed by atoms with van der Waals surface area (Å²) < 4.78 is 0. The largest absolute Gasteiger partial charge is 1.00 e. The molecule has 0 aromatic carbocycles. The van der Waals surface area contributed by atoms with Crippen molar-refractivity contribution < 1.29 is 21.9 Å². The SMILES string of the molecule is CC1CC[NH+](CCS)CC1.[Br-]. The average Bonchev–Trinajstić information content (AvgIpc) is 1.95. The van der Waals surface area contributed by atoms with Crippen LogP contribution in [-0.2, 0) is 0 Å². The van der Waals surface area contributed by atoms with Crippen LogP contribution >= 0.6 is 12.6 Å². The topological polar surface area (TPSA) is 4.44 Å². The lowest BCUT2D eigenvalue weighted by Gasteiger charge is -2.26. The molecule has 0 aromatic rings. The van der Waals surface area contributed by atoms with Crippen LogP contribution < -0.4 is 21.9 Å². The van der Waals surface area contributed by atoms with Gasteiger partial charge < -0.3 is 21.9 Å². The van der Waals surface area contributed by atoms with Crippen LogP contribution in [0, 0.1) is 5.92 Å². The number of nitrogens with one attached hydrogen (secondary N) is 1. The van der Waals surface area contributed by atoms with Gasteiger partial charge in [0.25, 0.3) is 0 Å². The van der Waals surface area contributed by atoms with E-state index < -0.39 is 0 Å². The number of likely N-dealkylation sites (tertiary alicyclic amines) is 1. The molecule has 1 aliphatic rings. The zero-order valence-corrected chi connectivity index (χ0v) is 9.63. The number of hydrogen-bond acceptors (Lipinski definition) is 1. The van der Waals surface area contributed by atoms with Crippen LogP contribution in [0.1, 0.15) is 19.8 Å². The van der Waals surface area contributed by atoms with Crippen LogP contribution in [0.5, 0.6) is 0 Å². The lowest BCUT2D eigenvalue weighted by Crippen LogP contribution is -3.13. The molecule has 0 radical (unpaired) electrons. The van der Waals surface area contributed by atoms with Crippen molar-refractivity contribution in [1.29, 1.82) is 0 Å². The molecule has 3 heteroatoms. The van der Waals surface area contributed by atoms with Crippen LogP contribution in [-0.4, -0.2) is 25.4 Å². The van der Waals surface area contributed by atoms with E-state index in [9.17, 15) is 0 Å². The fourth-order valence-electron chi connectivity index (χ4n) is 1.58. The van der Waals surface area contributed by atoms with E-state index >= 15 is 0 Å². The molecule has 1 rings (SSSR count). The standard InChI is InChI=1S/C8H17NS.BrH/c1-8-2-4-9(5-3-8)6-7-10;/h8,10H,2-7H2,1H3;1H. The van der Waals surface area contributed by atoms with Gasteiger partial charge in [-0.3, -0.25) is 0 Å². The summed E-state index contributed by atoms with van der Waals surface area (Å²) in [6.07, 6.45) is 2.84. The summed E-state index contributed by atoms with van der Waals surface area (Å²) in [4.78, 5) is 1.76. The summed E-state index contributed by atoms with van der Waals surface area (Å²) in [7, 11) is 0. The van der Waals surface area contributed by atoms with Gasteiger partial charge in [-0.15, -0.1) is 0 Å². The molecule has 1 saturated heterocycles. The van der Waals surface area contributed by atoms with Gasteiger partial charge in [-0.2, -0.15) is 12.6 Å². The van der Waals surface area contributed by atoms with Crippen molar-refractivity contribution in [3.63, 3.8) is 0 Å². The number of halogens is 1. The highest BCUT2D eigenvalue weighted by atomic mass is 79.9. The fraction of sp³-hybridized carbons (Fsp3) is 1.00. The van der Waals surface area contributed by atoms with E-state index in [0.29, 0.717) is 0 Å². The Balaban J connectivity index is 0.000001000. The van der Waals surface area contributed by atoms with E-state index in [2.05, 4.69) is 19.6 Å². The maximum Gasteiger partial charge on any atom is 0.0860 e. The monoisotopic (exact) mass is 239 g/mol. The quantitative estimate of drug-likeness (QED) is 0.482. The van der Waals surface area contributed by atoms with Crippen molar-refractivity contribution in [2.24, 2.45) is 5.92 Å². The van der Waals surface area contributed by atoms with Gasteiger partial charge in [0, 0.05) is 5.75 Å². The summed E-state index contributed by atoms with van der Waals surface area (Å²) in [6.45, 7) is 6.37. The number of piperidine rings is 1. The molecule has 1 fully saturated rings. The second kappa shape index (κ2) is 6.32. The van der Waals surface area contributed by atoms with E-state index in [0.717, 1.165) is 11.7 Å². The molecule has 0 spiro atoms. The molecule has 0 aliphatic carbocycles. The molecular formula is C8H18BrNS. The first-order chi connectivity index (χ1) is 4.83. The number of thiol groups is 1. The first kappa shape index (κ1) is 11.8. The van der Waals surface area contributed by atoms with E-state index in [-0.39, 0.29) is 17.0 Å². The van der Waals surface area contributed by atoms with E-state index in [4.69, 9.17) is 0 Å². The summed E-state index contributed by atoms with van der Waals surface area (Å²) >= 11 is 4.23. The van der Waals surface area contributed by atoms with Crippen molar-refractivity contribution in [2.75, 3.05) is 25.4 Å². The minimum Gasteiger partial charge on any atom is -1.00 e. The molecule has 11 heavy (non-hydrogen) atoms. The van der Waals surface area contributed by atoms with Crippen LogP contribution in [0.25, 0.3) is 0 Å². The van der Waals surface area contributed by atoms with E-state index in [1.807, 2.05) is 0 Å². The minimum absolute atomic E-state index is 0. The van der Waals surface area contributed by atoms with Gasteiger partial charge >= 0.3 is 0 Å². The lowest BCUT2D eigenvalue weighted by molar-refractivity contribution is -0.903. The Kier molecular flexibility index (Phi) is 6.78. The average molecular weight is 240 g/mol. The highest BCUT2D eigenvalue weighted by Crippen LogP contribution is 2.06. The van der Waals surface area contributed by atoms with Crippen molar-refractivity contribution >= 4 is 12.6 Å². The molecule has 68 valence electrons. The first-order valence-corrected chi connectivity index (χ1v) is 4.90. The van der Waals surface area contributed by atoms with Gasteiger partial charge in [0.1, 0.15) is 0 Å². The summed E-state index contributed by atoms with van der Waals surface area (Å²) in [5.41, 5.74) is 0. The molecule has 0 bridgehead atoms. The highest BCUT2D eigenvalue weighted by Gasteiger charge is 2.17. The van der Waals surface area contributed by atoms with Crippen molar-refractivity contribution in [3.8, 4) is 0 Å². The van der Waals surface area contributed by atoms with Crippen molar-refractivity contribution in [3.05, 3.63) is 0 Å². The Morgan fingerprint density at radius 1 is 1.36 bits per heavy atom. The third-order valence-corrected chi connectivity index (χ3v) is 2.67. The number of hydrogen-bond donors (Lipinski definition) is 2. The van der Waals surface area contributed by atoms with E-state index in [1.54, 1.807) is 4.90 Å². The van der Waals surface area contributed by atoms with Gasteiger partial charge in [-0.25, -0.2) is 0 Å². The van der Waals surface area contributed by atoms with Crippen LogP contribution in [0.3, 0.4) is 0 Å². The predicted molar refractivity (Wildman–Crippen MR) is 47.8 cm³/mol. The number of quaternary nitrogens is 1. The smallest absolute Gasteiger partial charge is 0.0860 e. The van der Waals surface area contributed by atoms with Gasteiger partial charge in [-0.1, -0.05) is 6.92 Å². The molecule has 1 nitrogen and oxygen atoms in total. The molecule has 0 aromatic heterocycles. The fourth-order valence-corrected chi connectivity index (χ4v) is 1.89. The molecule has 0 unspecified atom stereocenters. The molecule has 1 aliphatic heterocycles. The van der Waals surface area contributed by atoms with Gasteiger partial charge in [0.2, 0.25) is 0 Å². The number of rotatable bonds is 2. The van der Waals surface area contributed by atoms with Crippen molar-refractivity contribution in [2.45, 2.75) is 19.8 Å². The maximum atomic E-state index is 4.23. The third-order valence-electron chi connectivity index (χ3n) is 2.45. The Morgan fingerprint density at radius 3 is 2.36 bits per heavy atom. The Bertz CT molecular complexity index is 92.1.